The third kappa shape index (κ3) is 6.50. The second-order valence-corrected chi connectivity index (χ2v) is 30.4. The molecule has 2 aromatic heterocycles. The number of hydrogen-bond acceptors (Lipinski definition) is 4. The van der Waals surface area contributed by atoms with Gasteiger partial charge in [-0.2, -0.15) is 0 Å². The molecule has 5 heteroatoms. The third-order valence-corrected chi connectivity index (χ3v) is 22.2. The number of hydrogen-bond donors (Lipinski definition) is 0. The van der Waals surface area contributed by atoms with Crippen molar-refractivity contribution in [3.05, 3.63) is 206 Å². The van der Waals surface area contributed by atoms with Crippen LogP contribution in [0, 0.1) is 6.92 Å². The van der Waals surface area contributed by atoms with Gasteiger partial charge in [-0.3, -0.25) is 0 Å². The Morgan fingerprint density at radius 2 is 1.02 bits per heavy atom. The highest BCUT2D eigenvalue weighted by molar-refractivity contribution is 7.33. The van der Waals surface area contributed by atoms with Crippen molar-refractivity contribution in [3.8, 4) is 0 Å². The Morgan fingerprint density at radius 1 is 0.463 bits per heavy atom. The Labute approximate surface area is 479 Å². The molecule has 8 aromatic carbocycles. The summed E-state index contributed by atoms with van der Waals surface area (Å²) in [5.74, 6) is 0. The van der Waals surface area contributed by atoms with E-state index in [-0.39, 0.29) is 44.6 Å². The monoisotopic (exact) mass is 1060 g/mol. The predicted octanol–water partition coefficient (Wildman–Crippen LogP) is 18.8. The molecule has 3 aliphatic carbocycles. The molecule has 10 aromatic rings. The average Bonchev–Trinajstić information content (AvgIpc) is 4.12. The Kier molecular flexibility index (Phi) is 9.90. The maximum Gasteiger partial charge on any atom is 0.264 e. The predicted molar refractivity (Wildman–Crippen MR) is 343 cm³/mol. The number of para-hydroxylation sites is 2. The van der Waals surface area contributed by atoms with Gasteiger partial charge in [0.2, 0.25) is 0 Å². The number of benzene rings is 8. The summed E-state index contributed by atoms with van der Waals surface area (Å²) in [5, 5.41) is 3.61. The minimum Gasteiger partial charge on any atom is -0.454 e. The summed E-state index contributed by atoms with van der Waals surface area (Å²) in [4.78, 5) is 5.33. The van der Waals surface area contributed by atoms with Crippen LogP contribution in [-0.2, 0) is 37.9 Å². The molecule has 2 aliphatic heterocycles. The fourth-order valence-corrected chi connectivity index (χ4v) is 17.4. The number of furan rings is 1. The number of nitrogens with zero attached hydrogens (tertiary/aromatic N) is 2. The fraction of sp³-hybridized carbons (Fsp3) is 0.333. The second-order valence-electron chi connectivity index (χ2n) is 29.3. The van der Waals surface area contributed by atoms with Gasteiger partial charge >= 0.3 is 0 Å². The lowest BCUT2D eigenvalue weighted by Gasteiger charge is -2.50. The molecular formula is C75H75BN2OS. The third-order valence-electron chi connectivity index (χ3n) is 21.0. The molecule has 0 bridgehead atoms. The fourth-order valence-electron chi connectivity index (χ4n) is 16.1. The van der Waals surface area contributed by atoms with Gasteiger partial charge in [-0.25, -0.2) is 0 Å². The van der Waals surface area contributed by atoms with Gasteiger partial charge in [0.25, 0.3) is 6.71 Å². The Bertz CT molecular complexity index is 4390. The van der Waals surface area contributed by atoms with Crippen LogP contribution in [0.2, 0.25) is 0 Å². The molecule has 15 rings (SSSR count). The van der Waals surface area contributed by atoms with E-state index in [1.165, 1.54) is 127 Å². The summed E-state index contributed by atoms with van der Waals surface area (Å²) < 4.78 is 9.85. The minimum absolute atomic E-state index is 0.0252. The van der Waals surface area contributed by atoms with Crippen LogP contribution >= 0.6 is 11.3 Å². The molecule has 0 saturated carbocycles. The summed E-state index contributed by atoms with van der Waals surface area (Å²) >= 11 is 2.01. The van der Waals surface area contributed by atoms with Crippen molar-refractivity contribution in [1.29, 1.82) is 0 Å². The highest BCUT2D eigenvalue weighted by Crippen LogP contribution is 2.59. The topological polar surface area (TPSA) is 19.6 Å². The smallest absolute Gasteiger partial charge is 0.264 e. The molecule has 0 atom stereocenters. The maximum atomic E-state index is 7.11. The number of fused-ring (bicyclic) bond motifs is 14. The van der Waals surface area contributed by atoms with Crippen LogP contribution < -0.4 is 25.5 Å². The molecule has 0 spiro atoms. The van der Waals surface area contributed by atoms with Gasteiger partial charge in [-0.15, -0.1) is 11.3 Å². The first-order chi connectivity index (χ1) is 37.7. The first kappa shape index (κ1) is 50.2. The first-order valence-corrected chi connectivity index (χ1v) is 30.4. The van der Waals surface area contributed by atoms with Crippen LogP contribution in [0.25, 0.3) is 32.0 Å². The number of anilines is 6. The number of thiophene rings is 1. The zero-order valence-corrected chi connectivity index (χ0v) is 50.8. The lowest BCUT2D eigenvalue weighted by Crippen LogP contribution is -2.61. The highest BCUT2D eigenvalue weighted by atomic mass is 32.1. The van der Waals surface area contributed by atoms with Crippen molar-refractivity contribution in [3.63, 3.8) is 0 Å². The van der Waals surface area contributed by atoms with Crippen molar-refractivity contribution in [2.45, 2.75) is 162 Å². The standard InChI is InChI=1S/C75H75BN2OS/c1-42-34-61-65-62(35-42)78(59-26-21-23-46-45-22-17-20-27-63(45)79-67(46)59)60-41-57-56(74(13,14)54-38-52-53(39-55(54)75(57,15)16)73(11,12)50-25-19-18-24-49(50)72(52,9)10)40-58(60)76(65)68-66(47-36-43(69(2,3)4)28-31-64(47)80-68)77(61)44-29-30-48-51(37-44)71(7,8)33-32-70(48,5)6/h17-31,34-41H,32-33H2,1-16H3. The molecule has 0 N–H and O–H groups in total. The normalized spacial score (nSPS) is 18.9. The molecule has 0 unspecified atom stereocenters. The Balaban J connectivity index is 1.05. The van der Waals surface area contributed by atoms with E-state index >= 15 is 0 Å². The maximum absolute atomic E-state index is 7.11. The lowest BCUT2D eigenvalue weighted by molar-refractivity contribution is 0.332. The second kappa shape index (κ2) is 15.8. The highest BCUT2D eigenvalue weighted by Gasteiger charge is 2.52. The summed E-state index contributed by atoms with van der Waals surface area (Å²) in [6.45, 7) is 39.1. The number of aryl methyl sites for hydroxylation is 1. The molecule has 80 heavy (non-hydrogen) atoms. The van der Waals surface area contributed by atoms with E-state index in [9.17, 15) is 0 Å². The Hall–Kier alpha value is -6.82. The van der Waals surface area contributed by atoms with E-state index < -0.39 is 0 Å². The van der Waals surface area contributed by atoms with Crippen molar-refractivity contribution in [1.82, 2.24) is 0 Å². The van der Waals surface area contributed by atoms with Crippen molar-refractivity contribution in [2.24, 2.45) is 0 Å². The van der Waals surface area contributed by atoms with E-state index in [0.29, 0.717) is 0 Å². The summed E-state index contributed by atoms with van der Waals surface area (Å²) in [6.07, 6.45) is 2.34. The van der Waals surface area contributed by atoms with Gasteiger partial charge in [0.1, 0.15) is 5.58 Å². The molecule has 4 heterocycles. The average molecular weight is 1060 g/mol. The van der Waals surface area contributed by atoms with E-state index in [4.69, 9.17) is 4.42 Å². The summed E-state index contributed by atoms with van der Waals surface area (Å²) in [6, 6.07) is 55.2. The molecule has 0 saturated heterocycles. The van der Waals surface area contributed by atoms with Crippen LogP contribution in [0.1, 0.15) is 183 Å². The zero-order valence-electron chi connectivity index (χ0n) is 50.0. The molecule has 0 amide bonds. The van der Waals surface area contributed by atoms with Gasteiger partial charge < -0.3 is 14.2 Å². The van der Waals surface area contributed by atoms with Crippen LogP contribution in [0.5, 0.6) is 0 Å². The summed E-state index contributed by atoms with van der Waals surface area (Å²) in [5.41, 5.74) is 28.0. The Morgan fingerprint density at radius 3 is 1.68 bits per heavy atom. The summed E-state index contributed by atoms with van der Waals surface area (Å²) in [7, 11) is 0. The molecule has 400 valence electrons. The van der Waals surface area contributed by atoms with Crippen molar-refractivity contribution < 1.29 is 4.42 Å². The van der Waals surface area contributed by atoms with Crippen LogP contribution in [0.15, 0.2) is 144 Å². The minimum atomic E-state index is -0.333. The van der Waals surface area contributed by atoms with Gasteiger partial charge in [0, 0.05) is 70.0 Å². The largest absolute Gasteiger partial charge is 0.454 e. The van der Waals surface area contributed by atoms with Crippen LogP contribution in [0.3, 0.4) is 0 Å². The quantitative estimate of drug-likeness (QED) is 0.161. The first-order valence-electron chi connectivity index (χ1n) is 29.6. The van der Waals surface area contributed by atoms with E-state index in [1.807, 2.05) is 11.3 Å². The molecular weight excluding hydrogens is 988 g/mol. The number of rotatable bonds is 2. The van der Waals surface area contributed by atoms with E-state index in [2.05, 4.69) is 260 Å². The zero-order chi connectivity index (χ0) is 55.9. The van der Waals surface area contributed by atoms with Gasteiger partial charge in [-0.1, -0.05) is 189 Å². The van der Waals surface area contributed by atoms with E-state index in [0.717, 1.165) is 34.0 Å². The van der Waals surface area contributed by atoms with Gasteiger partial charge in [-0.05, 0) is 168 Å². The SMILES string of the molecule is Cc1cc2c3c(c1)N(c1cccc4c1oc1ccccc14)c1cc4c(cc1B3c1sc3ccc(C(C)(C)C)cc3c1N2c1ccc2c(c1)C(C)(C)CCC2(C)C)C(C)(C)c1cc2c(cc1C4(C)C)C(C)(C)c1ccccc1C2(C)C. The molecule has 5 aliphatic rings. The molecule has 0 fully saturated rings. The lowest BCUT2D eigenvalue weighted by atomic mass is 9.35. The van der Waals surface area contributed by atoms with Crippen molar-refractivity contribution in [2.75, 3.05) is 9.80 Å². The van der Waals surface area contributed by atoms with Gasteiger partial charge in [0.05, 0.1) is 11.4 Å². The molecule has 0 radical (unpaired) electrons. The van der Waals surface area contributed by atoms with Gasteiger partial charge in [0.15, 0.2) is 5.58 Å². The van der Waals surface area contributed by atoms with E-state index in [1.54, 1.807) is 0 Å². The van der Waals surface area contributed by atoms with Crippen molar-refractivity contribution >= 4 is 99.9 Å². The van der Waals surface area contributed by atoms with Crippen LogP contribution in [-0.4, -0.2) is 6.71 Å². The van der Waals surface area contributed by atoms with Crippen LogP contribution in [0.4, 0.5) is 34.1 Å². The molecule has 3 nitrogen and oxygen atoms in total.